The molecule has 18 heavy (non-hydrogen) atoms. The third-order valence-corrected chi connectivity index (χ3v) is 2.15. The van der Waals surface area contributed by atoms with Gasteiger partial charge in [0.1, 0.15) is 0 Å². The molecule has 0 unspecified atom stereocenters. The Labute approximate surface area is 102 Å². The molecule has 0 aliphatic rings. The average Bonchev–Trinajstić information content (AvgIpc) is 2.81. The summed E-state index contributed by atoms with van der Waals surface area (Å²) in [5.41, 5.74) is 5.49. The van der Waals surface area contributed by atoms with Crippen molar-refractivity contribution in [1.29, 1.82) is 0 Å². The van der Waals surface area contributed by atoms with Gasteiger partial charge in [0.15, 0.2) is 17.3 Å². The van der Waals surface area contributed by atoms with Crippen molar-refractivity contribution in [3.8, 4) is 5.75 Å². The maximum absolute atomic E-state index is 11.8. The number of hydrogen-bond donors (Lipinski definition) is 3. The first-order valence-electron chi connectivity index (χ1n) is 5.26. The standard InChI is InChI=1S/C10H12N6O2/c11-3-5-16-6-7(14-15-16)10(18)13-9-8(17)2-1-4-12-9/h1-2,4,6,17H,3,5,11H2,(H,12,13,18). The largest absolute Gasteiger partial charge is 0.504 e. The zero-order valence-corrected chi connectivity index (χ0v) is 9.45. The van der Waals surface area contributed by atoms with E-state index in [9.17, 15) is 9.90 Å². The van der Waals surface area contributed by atoms with Crippen LogP contribution in [0.25, 0.3) is 0 Å². The van der Waals surface area contributed by atoms with Crippen molar-refractivity contribution in [2.45, 2.75) is 6.54 Å². The molecule has 0 fully saturated rings. The van der Waals surface area contributed by atoms with Crippen molar-refractivity contribution in [3.63, 3.8) is 0 Å². The van der Waals surface area contributed by atoms with Crippen LogP contribution in [0.1, 0.15) is 10.5 Å². The molecule has 2 rings (SSSR count). The second-order valence-electron chi connectivity index (χ2n) is 3.48. The highest BCUT2D eigenvalue weighted by Crippen LogP contribution is 2.18. The van der Waals surface area contributed by atoms with Gasteiger partial charge in [-0.1, -0.05) is 5.21 Å². The lowest BCUT2D eigenvalue weighted by Crippen LogP contribution is -2.13. The second-order valence-corrected chi connectivity index (χ2v) is 3.48. The molecule has 8 heteroatoms. The maximum atomic E-state index is 11.8. The number of aromatic hydroxyl groups is 1. The highest BCUT2D eigenvalue weighted by Gasteiger charge is 2.13. The summed E-state index contributed by atoms with van der Waals surface area (Å²) >= 11 is 0. The lowest BCUT2D eigenvalue weighted by molar-refractivity contribution is 0.102. The maximum Gasteiger partial charge on any atom is 0.279 e. The molecule has 4 N–H and O–H groups in total. The molecule has 2 aromatic rings. The predicted octanol–water partition coefficient (Wildman–Crippen LogP) is -0.410. The molecule has 8 nitrogen and oxygen atoms in total. The van der Waals surface area contributed by atoms with E-state index >= 15 is 0 Å². The Morgan fingerprint density at radius 3 is 3.11 bits per heavy atom. The molecule has 1 amide bonds. The van der Waals surface area contributed by atoms with Gasteiger partial charge >= 0.3 is 0 Å². The van der Waals surface area contributed by atoms with Crippen LogP contribution in [-0.4, -0.2) is 37.5 Å². The number of pyridine rings is 1. The molecule has 0 saturated carbocycles. The number of carbonyl (C=O) groups excluding carboxylic acids is 1. The fraction of sp³-hybridized carbons (Fsp3) is 0.200. The van der Waals surface area contributed by atoms with Crippen molar-refractivity contribution in [2.24, 2.45) is 5.73 Å². The quantitative estimate of drug-likeness (QED) is 0.676. The van der Waals surface area contributed by atoms with E-state index in [1.54, 1.807) is 6.07 Å². The van der Waals surface area contributed by atoms with Gasteiger partial charge in [-0.25, -0.2) is 4.98 Å². The topological polar surface area (TPSA) is 119 Å². The summed E-state index contributed by atoms with van der Waals surface area (Å²) in [6, 6.07) is 2.98. The van der Waals surface area contributed by atoms with Crippen LogP contribution in [-0.2, 0) is 6.54 Å². The number of nitrogens with one attached hydrogen (secondary N) is 1. The molecule has 0 aromatic carbocycles. The van der Waals surface area contributed by atoms with E-state index in [-0.39, 0.29) is 17.3 Å². The van der Waals surface area contributed by atoms with Gasteiger partial charge in [-0.2, -0.15) is 0 Å². The summed E-state index contributed by atoms with van der Waals surface area (Å²) in [5.74, 6) is -0.525. The predicted molar refractivity (Wildman–Crippen MR) is 62.9 cm³/mol. The molecule has 94 valence electrons. The van der Waals surface area contributed by atoms with Crippen LogP contribution in [0.3, 0.4) is 0 Å². The lowest BCUT2D eigenvalue weighted by atomic mass is 10.4. The highest BCUT2D eigenvalue weighted by atomic mass is 16.3. The van der Waals surface area contributed by atoms with Crippen LogP contribution >= 0.6 is 0 Å². The van der Waals surface area contributed by atoms with Crippen LogP contribution in [0.2, 0.25) is 0 Å². The van der Waals surface area contributed by atoms with Gasteiger partial charge in [0, 0.05) is 12.7 Å². The van der Waals surface area contributed by atoms with Crippen LogP contribution in [0, 0.1) is 0 Å². The Balaban J connectivity index is 2.10. The second kappa shape index (κ2) is 5.23. The van der Waals surface area contributed by atoms with Crippen molar-refractivity contribution in [2.75, 3.05) is 11.9 Å². The number of rotatable bonds is 4. The number of amides is 1. The fourth-order valence-electron chi connectivity index (χ4n) is 1.31. The summed E-state index contributed by atoms with van der Waals surface area (Å²) in [6.07, 6.45) is 2.93. The smallest absolute Gasteiger partial charge is 0.279 e. The summed E-state index contributed by atoms with van der Waals surface area (Å²) in [7, 11) is 0. The Morgan fingerprint density at radius 1 is 1.56 bits per heavy atom. The third-order valence-electron chi connectivity index (χ3n) is 2.15. The normalized spacial score (nSPS) is 10.3. The molecule has 2 heterocycles. The Kier molecular flexibility index (Phi) is 3.49. The number of hydrogen-bond acceptors (Lipinski definition) is 6. The summed E-state index contributed by atoms with van der Waals surface area (Å²) in [4.78, 5) is 15.6. The van der Waals surface area contributed by atoms with E-state index < -0.39 is 5.91 Å². The van der Waals surface area contributed by atoms with Crippen molar-refractivity contribution < 1.29 is 9.90 Å². The number of aromatic nitrogens is 4. The first-order chi connectivity index (χ1) is 8.70. The molecular formula is C10H12N6O2. The fourth-order valence-corrected chi connectivity index (χ4v) is 1.31. The van der Waals surface area contributed by atoms with Gasteiger partial charge < -0.3 is 16.2 Å². The third kappa shape index (κ3) is 2.61. The molecular weight excluding hydrogens is 236 g/mol. The van der Waals surface area contributed by atoms with Crippen LogP contribution in [0.15, 0.2) is 24.5 Å². The minimum absolute atomic E-state index is 0.0795. The van der Waals surface area contributed by atoms with Gasteiger partial charge in [-0.15, -0.1) is 5.10 Å². The SMILES string of the molecule is NCCn1cc(C(=O)Nc2ncccc2O)nn1. The van der Waals surface area contributed by atoms with Crippen molar-refractivity contribution in [3.05, 3.63) is 30.2 Å². The molecule has 0 bridgehead atoms. The van der Waals surface area contributed by atoms with Crippen LogP contribution in [0.5, 0.6) is 5.75 Å². The zero-order chi connectivity index (χ0) is 13.0. The number of nitrogens with zero attached hydrogens (tertiary/aromatic N) is 4. The molecule has 0 spiro atoms. The van der Waals surface area contributed by atoms with Gasteiger partial charge in [0.2, 0.25) is 0 Å². The van der Waals surface area contributed by atoms with Gasteiger partial charge in [-0.05, 0) is 12.1 Å². The average molecular weight is 248 g/mol. The first kappa shape index (κ1) is 12.0. The summed E-state index contributed by atoms with van der Waals surface area (Å²) < 4.78 is 1.47. The number of carbonyl (C=O) groups is 1. The van der Waals surface area contributed by atoms with E-state index in [4.69, 9.17) is 5.73 Å². The number of nitrogens with two attached hydrogens (primary N) is 1. The Morgan fingerprint density at radius 2 is 2.39 bits per heavy atom. The zero-order valence-electron chi connectivity index (χ0n) is 9.45. The van der Waals surface area contributed by atoms with Gasteiger partial charge in [0.05, 0.1) is 12.7 Å². The monoisotopic (exact) mass is 248 g/mol. The van der Waals surface area contributed by atoms with Crippen LogP contribution < -0.4 is 11.1 Å². The molecule has 0 saturated heterocycles. The van der Waals surface area contributed by atoms with Gasteiger partial charge in [0.25, 0.3) is 5.91 Å². The van der Waals surface area contributed by atoms with Gasteiger partial charge in [-0.3, -0.25) is 9.48 Å². The van der Waals surface area contributed by atoms with Crippen LogP contribution in [0.4, 0.5) is 5.82 Å². The first-order valence-corrected chi connectivity index (χ1v) is 5.26. The molecule has 0 radical (unpaired) electrons. The minimum atomic E-state index is -0.493. The highest BCUT2D eigenvalue weighted by molar-refractivity contribution is 6.02. The number of anilines is 1. The van der Waals surface area contributed by atoms with E-state index in [2.05, 4.69) is 20.6 Å². The Hall–Kier alpha value is -2.48. The van der Waals surface area contributed by atoms with Crippen molar-refractivity contribution >= 4 is 11.7 Å². The van der Waals surface area contributed by atoms with E-state index in [0.29, 0.717) is 13.1 Å². The van der Waals surface area contributed by atoms with E-state index in [1.165, 1.54) is 23.1 Å². The molecule has 0 aliphatic carbocycles. The molecule has 0 aliphatic heterocycles. The molecule has 2 aromatic heterocycles. The van der Waals surface area contributed by atoms with Crippen molar-refractivity contribution in [1.82, 2.24) is 20.0 Å². The summed E-state index contributed by atoms with van der Waals surface area (Å²) in [6.45, 7) is 0.889. The summed E-state index contributed by atoms with van der Waals surface area (Å²) in [5, 5.41) is 19.3. The Bertz CT molecular complexity index is 553. The minimum Gasteiger partial charge on any atom is -0.504 e. The van der Waals surface area contributed by atoms with E-state index in [1.807, 2.05) is 0 Å². The van der Waals surface area contributed by atoms with E-state index in [0.717, 1.165) is 0 Å². The lowest BCUT2D eigenvalue weighted by Gasteiger charge is -2.03. The molecule has 0 atom stereocenters.